The van der Waals surface area contributed by atoms with Crippen LogP contribution in [0.1, 0.15) is 26.7 Å². The predicted octanol–water partition coefficient (Wildman–Crippen LogP) is 2.39. The number of hydrogen-bond donors (Lipinski definition) is 0. The first kappa shape index (κ1) is 14.4. The lowest BCUT2D eigenvalue weighted by atomic mass is 10.4. The molecule has 0 bridgehead atoms. The molecule has 1 atom stereocenters. The van der Waals surface area contributed by atoms with E-state index >= 15 is 0 Å². The Balaban J connectivity index is 3.21. The fraction of sp³-hybridized carbons (Fsp3) is 0.500. The van der Waals surface area contributed by atoms with Crippen LogP contribution in [-0.4, -0.2) is 24.1 Å². The Kier molecular flexibility index (Phi) is 5.33. The van der Waals surface area contributed by atoms with Gasteiger partial charge in [0.2, 0.25) is 0 Å². The van der Waals surface area contributed by atoms with Gasteiger partial charge in [-0.25, -0.2) is 8.42 Å². The first-order chi connectivity index (χ1) is 8.03. The van der Waals surface area contributed by atoms with Crippen LogP contribution in [-0.2, 0) is 20.6 Å². The molecule has 0 aliphatic heterocycles. The van der Waals surface area contributed by atoms with Gasteiger partial charge < -0.3 is 0 Å². The zero-order valence-electron chi connectivity index (χ0n) is 10.2. The first-order valence-corrected chi connectivity index (χ1v) is 8.70. The van der Waals surface area contributed by atoms with E-state index in [0.29, 0.717) is 17.1 Å². The molecule has 1 rings (SSSR count). The Hall–Kier alpha value is -0.680. The van der Waals surface area contributed by atoms with Crippen LogP contribution in [0.15, 0.2) is 34.1 Å². The molecule has 0 fully saturated rings. The standard InChI is InChI=1S/C12H18O3S2/c1-3-9-16(13)11-7-5-6-8-12(11)17(14,15)10-4-2/h5-8H,3-4,9-10H2,1-2H3. The second-order valence-corrected chi connectivity index (χ2v) is 7.43. The van der Waals surface area contributed by atoms with Crippen LogP contribution in [0.3, 0.4) is 0 Å². The van der Waals surface area contributed by atoms with Gasteiger partial charge in [0.05, 0.1) is 26.3 Å². The van der Waals surface area contributed by atoms with E-state index in [1.807, 2.05) is 13.8 Å². The fourth-order valence-electron chi connectivity index (χ4n) is 1.57. The van der Waals surface area contributed by atoms with E-state index in [-0.39, 0.29) is 10.6 Å². The van der Waals surface area contributed by atoms with Crippen molar-refractivity contribution < 1.29 is 12.6 Å². The maximum absolute atomic E-state index is 12.0. The summed E-state index contributed by atoms with van der Waals surface area (Å²) in [4.78, 5) is 0.677. The minimum Gasteiger partial charge on any atom is -0.254 e. The third-order valence-electron chi connectivity index (χ3n) is 2.29. The van der Waals surface area contributed by atoms with Crippen LogP contribution < -0.4 is 0 Å². The minimum atomic E-state index is -3.30. The molecule has 0 N–H and O–H groups in total. The lowest BCUT2D eigenvalue weighted by Crippen LogP contribution is -2.10. The number of hydrogen-bond acceptors (Lipinski definition) is 3. The second kappa shape index (κ2) is 6.31. The van der Waals surface area contributed by atoms with Crippen LogP contribution in [0.4, 0.5) is 0 Å². The number of benzene rings is 1. The van der Waals surface area contributed by atoms with Gasteiger partial charge in [-0.3, -0.25) is 4.21 Å². The topological polar surface area (TPSA) is 51.2 Å². The molecule has 17 heavy (non-hydrogen) atoms. The third-order valence-corrected chi connectivity index (χ3v) is 6.02. The van der Waals surface area contributed by atoms with E-state index in [2.05, 4.69) is 0 Å². The Morgan fingerprint density at radius 2 is 1.76 bits per heavy atom. The van der Waals surface area contributed by atoms with Crippen LogP contribution in [0.2, 0.25) is 0 Å². The molecule has 0 saturated carbocycles. The quantitative estimate of drug-likeness (QED) is 0.800. The molecule has 1 unspecified atom stereocenters. The summed E-state index contributed by atoms with van der Waals surface area (Å²) < 4.78 is 36.0. The van der Waals surface area contributed by atoms with E-state index < -0.39 is 20.6 Å². The van der Waals surface area contributed by atoms with Gasteiger partial charge in [-0.1, -0.05) is 26.0 Å². The van der Waals surface area contributed by atoms with Crippen molar-refractivity contribution in [2.75, 3.05) is 11.5 Å². The third kappa shape index (κ3) is 3.64. The van der Waals surface area contributed by atoms with Crippen LogP contribution >= 0.6 is 0 Å². The molecule has 0 heterocycles. The van der Waals surface area contributed by atoms with Crippen molar-refractivity contribution in [1.29, 1.82) is 0 Å². The van der Waals surface area contributed by atoms with Gasteiger partial charge in [-0.2, -0.15) is 0 Å². The highest BCUT2D eigenvalue weighted by Gasteiger charge is 2.19. The maximum Gasteiger partial charge on any atom is 0.179 e. The normalized spacial score (nSPS) is 13.5. The van der Waals surface area contributed by atoms with Gasteiger partial charge in [0.15, 0.2) is 9.84 Å². The van der Waals surface area contributed by atoms with Gasteiger partial charge in [-0.15, -0.1) is 0 Å². The predicted molar refractivity (Wildman–Crippen MR) is 70.4 cm³/mol. The van der Waals surface area contributed by atoms with Gasteiger partial charge >= 0.3 is 0 Å². The van der Waals surface area contributed by atoms with Crippen LogP contribution in [0, 0.1) is 0 Å². The van der Waals surface area contributed by atoms with Crippen molar-refractivity contribution in [2.24, 2.45) is 0 Å². The first-order valence-electron chi connectivity index (χ1n) is 5.73. The van der Waals surface area contributed by atoms with Gasteiger partial charge in [0.1, 0.15) is 0 Å². The molecule has 0 aliphatic rings. The monoisotopic (exact) mass is 274 g/mol. The van der Waals surface area contributed by atoms with Crippen molar-refractivity contribution in [3.05, 3.63) is 24.3 Å². The summed E-state index contributed by atoms with van der Waals surface area (Å²) in [5.41, 5.74) is 0. The van der Waals surface area contributed by atoms with Crippen molar-refractivity contribution in [1.82, 2.24) is 0 Å². The molecular weight excluding hydrogens is 256 g/mol. The Morgan fingerprint density at radius 1 is 1.12 bits per heavy atom. The lowest BCUT2D eigenvalue weighted by molar-refractivity contribution is 0.592. The summed E-state index contributed by atoms with van der Waals surface area (Å²) in [6, 6.07) is 6.60. The van der Waals surface area contributed by atoms with Crippen molar-refractivity contribution >= 4 is 20.6 Å². The van der Waals surface area contributed by atoms with Crippen molar-refractivity contribution in [3.8, 4) is 0 Å². The Morgan fingerprint density at radius 3 is 2.35 bits per heavy atom. The molecule has 5 heteroatoms. The molecule has 0 amide bonds. The van der Waals surface area contributed by atoms with Crippen molar-refractivity contribution in [2.45, 2.75) is 36.5 Å². The van der Waals surface area contributed by atoms with E-state index in [0.717, 1.165) is 6.42 Å². The summed E-state index contributed by atoms with van der Waals surface area (Å²) in [7, 11) is -4.52. The van der Waals surface area contributed by atoms with Crippen LogP contribution in [0.5, 0.6) is 0 Å². The largest absolute Gasteiger partial charge is 0.254 e. The average molecular weight is 274 g/mol. The summed E-state index contributed by atoms with van der Waals surface area (Å²) in [5, 5.41) is 0. The van der Waals surface area contributed by atoms with E-state index in [4.69, 9.17) is 0 Å². The molecule has 0 aromatic heterocycles. The molecule has 3 nitrogen and oxygen atoms in total. The van der Waals surface area contributed by atoms with Crippen molar-refractivity contribution in [3.63, 3.8) is 0 Å². The van der Waals surface area contributed by atoms with Gasteiger partial charge in [0.25, 0.3) is 0 Å². The molecule has 0 saturated heterocycles. The summed E-state index contributed by atoms with van der Waals surface area (Å²) in [6.07, 6.45) is 1.34. The van der Waals surface area contributed by atoms with Gasteiger partial charge in [-0.05, 0) is 25.0 Å². The van der Waals surface area contributed by atoms with E-state index in [9.17, 15) is 12.6 Å². The summed E-state index contributed by atoms with van der Waals surface area (Å²) in [6.45, 7) is 3.75. The highest BCUT2D eigenvalue weighted by molar-refractivity contribution is 7.92. The molecule has 1 aromatic carbocycles. The molecular formula is C12H18O3S2. The molecule has 0 spiro atoms. The summed E-state index contributed by atoms with van der Waals surface area (Å²) in [5.74, 6) is 0.603. The highest BCUT2D eigenvalue weighted by Crippen LogP contribution is 2.21. The molecule has 96 valence electrons. The summed E-state index contributed by atoms with van der Waals surface area (Å²) >= 11 is 0. The van der Waals surface area contributed by atoms with E-state index in [1.165, 1.54) is 0 Å². The minimum absolute atomic E-state index is 0.105. The number of rotatable bonds is 6. The zero-order chi connectivity index (χ0) is 12.9. The maximum atomic E-state index is 12.0. The Bertz CT molecular complexity index is 492. The smallest absolute Gasteiger partial charge is 0.179 e. The SMILES string of the molecule is CCCS(=O)c1ccccc1S(=O)(=O)CCC. The van der Waals surface area contributed by atoms with Gasteiger partial charge in [0, 0.05) is 5.75 Å². The average Bonchev–Trinajstić information content (AvgIpc) is 2.29. The Labute approximate surface area is 106 Å². The molecule has 0 radical (unpaired) electrons. The molecule has 0 aliphatic carbocycles. The highest BCUT2D eigenvalue weighted by atomic mass is 32.2. The lowest BCUT2D eigenvalue weighted by Gasteiger charge is -2.09. The van der Waals surface area contributed by atoms with Crippen LogP contribution in [0.25, 0.3) is 0 Å². The zero-order valence-corrected chi connectivity index (χ0v) is 11.8. The number of sulfone groups is 1. The second-order valence-electron chi connectivity index (χ2n) is 3.82. The fourth-order valence-corrected chi connectivity index (χ4v) is 4.76. The molecule has 1 aromatic rings. The van der Waals surface area contributed by atoms with E-state index in [1.54, 1.807) is 24.3 Å².